The van der Waals surface area contributed by atoms with Crippen molar-refractivity contribution in [3.05, 3.63) is 80.2 Å². The number of methoxy groups -OCH3 is 1. The summed E-state index contributed by atoms with van der Waals surface area (Å²) >= 11 is 12.7. The molecule has 0 radical (unpaired) electrons. The van der Waals surface area contributed by atoms with Crippen LogP contribution in [-0.2, 0) is 4.74 Å². The summed E-state index contributed by atoms with van der Waals surface area (Å²) in [6.07, 6.45) is 0.856. The van der Waals surface area contributed by atoms with E-state index in [0.717, 1.165) is 12.1 Å². The number of halogens is 2. The molecule has 3 heterocycles. The summed E-state index contributed by atoms with van der Waals surface area (Å²) in [4.78, 5) is 24.0. The lowest BCUT2D eigenvalue weighted by molar-refractivity contribution is -0.838. The molecule has 40 heavy (non-hydrogen) atoms. The maximum atomic E-state index is 13.6. The zero-order chi connectivity index (χ0) is 29.0. The molecule has 2 aromatic heterocycles. The average Bonchev–Trinajstić information content (AvgIpc) is 2.88. The van der Waals surface area contributed by atoms with Crippen molar-refractivity contribution in [3.8, 4) is 0 Å². The molecule has 0 spiro atoms. The maximum Gasteiger partial charge on any atom is 0.255 e. The summed E-state index contributed by atoms with van der Waals surface area (Å²) in [6, 6.07) is 12.0. The quantitative estimate of drug-likeness (QED) is 0.204. The third-order valence-electron chi connectivity index (χ3n) is 6.12. The molecule has 2 atom stereocenters. The van der Waals surface area contributed by atoms with Crippen LogP contribution in [-0.4, -0.2) is 61.1 Å². The van der Waals surface area contributed by atoms with Gasteiger partial charge >= 0.3 is 0 Å². The smallest absolute Gasteiger partial charge is 0.255 e. The molecule has 2 unspecified atom stereocenters. The molecule has 10 nitrogen and oxygen atoms in total. The predicted molar refractivity (Wildman–Crippen MR) is 161 cm³/mol. The van der Waals surface area contributed by atoms with Crippen molar-refractivity contribution >= 4 is 58.2 Å². The van der Waals surface area contributed by atoms with E-state index in [0.29, 0.717) is 51.4 Å². The fourth-order valence-electron chi connectivity index (χ4n) is 4.26. The van der Waals surface area contributed by atoms with Crippen molar-refractivity contribution in [2.75, 3.05) is 50.2 Å². The lowest BCUT2D eigenvalue weighted by Gasteiger charge is -2.35. The first-order valence-electron chi connectivity index (χ1n) is 12.8. The van der Waals surface area contributed by atoms with Crippen molar-refractivity contribution in [1.29, 1.82) is 0 Å². The number of likely N-dealkylation sites (N-methyl/N-ethyl adjacent to an activating group) is 1. The number of anilines is 3. The minimum Gasteiger partial charge on any atom is -0.627 e. The number of quaternary nitrogens is 1. The van der Waals surface area contributed by atoms with Crippen LogP contribution in [0.25, 0.3) is 11.8 Å². The van der Waals surface area contributed by atoms with E-state index in [4.69, 9.17) is 27.9 Å². The van der Waals surface area contributed by atoms with Gasteiger partial charge in [0.15, 0.2) is 0 Å². The van der Waals surface area contributed by atoms with E-state index in [-0.39, 0.29) is 22.2 Å². The van der Waals surface area contributed by atoms with Crippen LogP contribution in [0.2, 0.25) is 10.2 Å². The zero-order valence-corrected chi connectivity index (χ0v) is 24.5. The van der Waals surface area contributed by atoms with Gasteiger partial charge in [-0.15, -0.1) is 0 Å². The van der Waals surface area contributed by atoms with Crippen LogP contribution in [0.3, 0.4) is 0 Å². The molecule has 0 saturated heterocycles. The van der Waals surface area contributed by atoms with Crippen LogP contribution in [0.5, 0.6) is 0 Å². The van der Waals surface area contributed by atoms with Gasteiger partial charge in [-0.2, -0.15) is 0 Å². The number of nitrogens with one attached hydrogen (secondary N) is 4. The summed E-state index contributed by atoms with van der Waals surface area (Å²) < 4.78 is 5.60. The largest absolute Gasteiger partial charge is 0.627 e. The second kappa shape index (κ2) is 12.9. The zero-order valence-electron chi connectivity index (χ0n) is 23.0. The number of pyridine rings is 2. The Kier molecular flexibility index (Phi) is 9.62. The molecule has 212 valence electrons. The van der Waals surface area contributed by atoms with Crippen LogP contribution in [0.1, 0.15) is 47.3 Å². The molecular formula is C28H33Cl2N7O3. The minimum absolute atomic E-state index is 0.115. The number of nitrogens with zero attached hydrogens (tertiary/aromatic N) is 3. The average molecular weight is 587 g/mol. The first kappa shape index (κ1) is 29.7. The SMILES string of the molecule is COC1c2nc(NCCN(C)C)ccc2C=C(c2cc(NC(=O)c3cc(Cl)nc(NC(C)C)c3)ccc2Cl)[NH+]1[O-]. The van der Waals surface area contributed by atoms with Crippen LogP contribution in [0.15, 0.2) is 42.5 Å². The van der Waals surface area contributed by atoms with E-state index in [1.165, 1.54) is 13.2 Å². The van der Waals surface area contributed by atoms with Gasteiger partial charge in [0.1, 0.15) is 28.2 Å². The normalized spacial score (nSPS) is 16.5. The number of hydrogen-bond acceptors (Lipinski definition) is 8. The Morgan fingerprint density at radius 3 is 2.60 bits per heavy atom. The van der Waals surface area contributed by atoms with Crippen molar-refractivity contribution in [2.24, 2.45) is 0 Å². The second-order valence-electron chi connectivity index (χ2n) is 9.95. The molecule has 1 aliphatic heterocycles. The number of hydrogen-bond donors (Lipinski definition) is 4. The van der Waals surface area contributed by atoms with E-state index in [1.54, 1.807) is 30.3 Å². The van der Waals surface area contributed by atoms with E-state index in [1.807, 2.05) is 40.1 Å². The van der Waals surface area contributed by atoms with Crippen molar-refractivity contribution < 1.29 is 14.6 Å². The van der Waals surface area contributed by atoms with Crippen molar-refractivity contribution in [1.82, 2.24) is 14.9 Å². The van der Waals surface area contributed by atoms with Crippen LogP contribution < -0.4 is 21.0 Å². The Bertz CT molecular complexity index is 1410. The summed E-state index contributed by atoms with van der Waals surface area (Å²) in [5.74, 6) is 0.779. The number of aromatic nitrogens is 2. The Labute approximate surface area is 243 Å². The molecule has 1 aromatic carbocycles. The maximum absolute atomic E-state index is 13.6. The van der Waals surface area contributed by atoms with Crippen molar-refractivity contribution in [2.45, 2.75) is 26.1 Å². The minimum atomic E-state index is -0.897. The van der Waals surface area contributed by atoms with E-state index >= 15 is 0 Å². The third-order valence-corrected chi connectivity index (χ3v) is 6.64. The molecule has 0 bridgehead atoms. The lowest BCUT2D eigenvalue weighted by Crippen LogP contribution is -3.05. The van der Waals surface area contributed by atoms with Gasteiger partial charge in [-0.3, -0.25) is 4.79 Å². The highest BCUT2D eigenvalue weighted by molar-refractivity contribution is 6.32. The highest BCUT2D eigenvalue weighted by Crippen LogP contribution is 2.32. The summed E-state index contributed by atoms with van der Waals surface area (Å²) in [5.41, 5.74) is 2.92. The summed E-state index contributed by atoms with van der Waals surface area (Å²) in [6.45, 7) is 5.47. The van der Waals surface area contributed by atoms with Crippen LogP contribution in [0.4, 0.5) is 17.3 Å². The van der Waals surface area contributed by atoms with Gasteiger partial charge in [-0.05, 0) is 70.4 Å². The highest BCUT2D eigenvalue weighted by Gasteiger charge is 2.32. The number of benzene rings is 1. The lowest BCUT2D eigenvalue weighted by atomic mass is 10.0. The van der Waals surface area contributed by atoms with Crippen LogP contribution >= 0.6 is 23.2 Å². The van der Waals surface area contributed by atoms with Gasteiger partial charge < -0.3 is 35.9 Å². The number of amides is 1. The van der Waals surface area contributed by atoms with Crippen LogP contribution in [0, 0.1) is 5.21 Å². The number of carbonyl (C=O) groups is 1. The van der Waals surface area contributed by atoms with Gasteiger partial charge in [-0.25, -0.2) is 9.97 Å². The molecule has 4 N–H and O–H groups in total. The fraction of sp³-hybridized carbons (Fsp3) is 0.321. The molecule has 3 aromatic rings. The summed E-state index contributed by atoms with van der Waals surface area (Å²) in [7, 11) is 5.47. The molecule has 0 aliphatic carbocycles. The number of rotatable bonds is 10. The fourth-order valence-corrected chi connectivity index (χ4v) is 4.68. The first-order valence-corrected chi connectivity index (χ1v) is 13.5. The number of fused-ring (bicyclic) bond motifs is 1. The first-order chi connectivity index (χ1) is 19.0. The molecular weight excluding hydrogens is 553 g/mol. The predicted octanol–water partition coefficient (Wildman–Crippen LogP) is 4.37. The highest BCUT2D eigenvalue weighted by atomic mass is 35.5. The van der Waals surface area contributed by atoms with E-state index in [2.05, 4.69) is 30.8 Å². The van der Waals surface area contributed by atoms with Crippen molar-refractivity contribution in [3.63, 3.8) is 0 Å². The topological polar surface area (TPSA) is 119 Å². The Morgan fingerprint density at radius 1 is 1.12 bits per heavy atom. The standard InChI is InChI=1S/C28H33Cl2N7O3/c1-16(2)32-25-14-18(13-23(30)34-25)27(38)33-19-7-8-21(29)20(15-19)22-12-17-6-9-24(31-10-11-36(3)4)35-26(17)28(40-5)37(22)39/h6-9,12-16,28,37H,10-11H2,1-5H3,(H,31,35)(H,32,34)(H,33,38). The number of ether oxygens (including phenoxy) is 1. The van der Waals surface area contributed by atoms with Gasteiger partial charge in [0.05, 0.1) is 10.6 Å². The second-order valence-corrected chi connectivity index (χ2v) is 10.7. The summed E-state index contributed by atoms with van der Waals surface area (Å²) in [5, 5.41) is 23.1. The van der Waals surface area contributed by atoms with Gasteiger partial charge in [0, 0.05) is 49.1 Å². The van der Waals surface area contributed by atoms with Gasteiger partial charge in [0.25, 0.3) is 5.91 Å². The molecule has 0 fully saturated rings. The molecule has 0 saturated carbocycles. The molecule has 4 rings (SSSR count). The molecule has 1 aliphatic rings. The van der Waals surface area contributed by atoms with Gasteiger partial charge in [-0.1, -0.05) is 23.2 Å². The monoisotopic (exact) mass is 585 g/mol. The number of hydroxylamine groups is 2. The Balaban J connectivity index is 1.62. The Hall–Kier alpha value is -3.25. The van der Waals surface area contributed by atoms with E-state index in [9.17, 15) is 10.0 Å². The third kappa shape index (κ3) is 7.08. The van der Waals surface area contributed by atoms with Gasteiger partial charge in [0.2, 0.25) is 6.23 Å². The number of carbonyl (C=O) groups excluding carboxylic acids is 1. The Morgan fingerprint density at radius 2 is 1.90 bits per heavy atom. The molecule has 1 amide bonds. The molecule has 12 heteroatoms. The van der Waals surface area contributed by atoms with E-state index < -0.39 is 6.23 Å².